The molecule has 0 spiro atoms. The molecule has 0 saturated carbocycles. The molecular formula is C19H23FN2O3. The van der Waals surface area contributed by atoms with Crippen molar-refractivity contribution in [3.8, 4) is 5.75 Å². The number of aliphatic hydroxyl groups excluding tert-OH is 1. The van der Waals surface area contributed by atoms with Gasteiger partial charge in [-0.3, -0.25) is 0 Å². The van der Waals surface area contributed by atoms with Gasteiger partial charge in [0.15, 0.2) is 0 Å². The summed E-state index contributed by atoms with van der Waals surface area (Å²) in [6.07, 6.45) is -0.810. The van der Waals surface area contributed by atoms with E-state index < -0.39 is 12.1 Å². The van der Waals surface area contributed by atoms with Crippen LogP contribution >= 0.6 is 0 Å². The van der Waals surface area contributed by atoms with Gasteiger partial charge in [0, 0.05) is 13.1 Å². The second kappa shape index (κ2) is 9.03. The highest BCUT2D eigenvalue weighted by Crippen LogP contribution is 2.19. The first-order valence-electron chi connectivity index (χ1n) is 8.15. The SMILES string of the molecule is CC(C)Oc1cccc(C(O)CNC(=O)NCc2cccc(F)c2)c1. The third-order valence-electron chi connectivity index (χ3n) is 3.41. The zero-order chi connectivity index (χ0) is 18.2. The maximum Gasteiger partial charge on any atom is 0.315 e. The summed E-state index contributed by atoms with van der Waals surface area (Å²) in [5.41, 5.74) is 1.32. The number of rotatable bonds is 7. The Morgan fingerprint density at radius 2 is 1.92 bits per heavy atom. The quantitative estimate of drug-likeness (QED) is 0.721. The molecule has 2 amide bonds. The number of amides is 2. The Morgan fingerprint density at radius 1 is 1.16 bits per heavy atom. The fourth-order valence-corrected chi connectivity index (χ4v) is 2.27. The molecule has 3 N–H and O–H groups in total. The third-order valence-corrected chi connectivity index (χ3v) is 3.41. The molecule has 6 heteroatoms. The molecule has 25 heavy (non-hydrogen) atoms. The topological polar surface area (TPSA) is 70.6 Å². The van der Waals surface area contributed by atoms with Gasteiger partial charge in [0.25, 0.3) is 0 Å². The average molecular weight is 346 g/mol. The Kier molecular flexibility index (Phi) is 6.77. The normalized spacial score (nSPS) is 11.9. The predicted octanol–water partition coefficient (Wildman–Crippen LogP) is 3.15. The van der Waals surface area contributed by atoms with E-state index in [9.17, 15) is 14.3 Å². The van der Waals surface area contributed by atoms with Gasteiger partial charge in [0.2, 0.25) is 0 Å². The van der Waals surface area contributed by atoms with E-state index in [0.717, 1.165) is 0 Å². The second-order valence-electron chi connectivity index (χ2n) is 5.95. The number of carbonyl (C=O) groups is 1. The van der Waals surface area contributed by atoms with Crippen LogP contribution in [0.5, 0.6) is 5.75 Å². The van der Waals surface area contributed by atoms with Crippen molar-refractivity contribution in [3.63, 3.8) is 0 Å². The molecule has 2 aromatic carbocycles. The lowest BCUT2D eigenvalue weighted by Gasteiger charge is -2.15. The van der Waals surface area contributed by atoms with Crippen molar-refractivity contribution < 1.29 is 19.0 Å². The summed E-state index contributed by atoms with van der Waals surface area (Å²) in [7, 11) is 0. The van der Waals surface area contributed by atoms with Crippen molar-refractivity contribution >= 4 is 6.03 Å². The van der Waals surface area contributed by atoms with Crippen molar-refractivity contribution in [2.24, 2.45) is 0 Å². The molecule has 2 rings (SSSR count). The maximum absolute atomic E-state index is 13.1. The monoisotopic (exact) mass is 346 g/mol. The highest BCUT2D eigenvalue weighted by atomic mass is 19.1. The smallest absolute Gasteiger partial charge is 0.315 e. The van der Waals surface area contributed by atoms with Crippen LogP contribution < -0.4 is 15.4 Å². The maximum atomic E-state index is 13.1. The van der Waals surface area contributed by atoms with Crippen LogP contribution in [0.1, 0.15) is 31.1 Å². The van der Waals surface area contributed by atoms with E-state index in [4.69, 9.17) is 4.74 Å². The molecule has 0 saturated heterocycles. The molecule has 0 bridgehead atoms. The Labute approximate surface area is 146 Å². The minimum atomic E-state index is -0.851. The van der Waals surface area contributed by atoms with E-state index in [2.05, 4.69) is 10.6 Å². The first-order chi connectivity index (χ1) is 11.9. The first-order valence-corrected chi connectivity index (χ1v) is 8.15. The minimum absolute atomic E-state index is 0.0409. The van der Waals surface area contributed by atoms with Crippen LogP contribution in [0.4, 0.5) is 9.18 Å². The van der Waals surface area contributed by atoms with Gasteiger partial charge >= 0.3 is 6.03 Å². The third kappa shape index (κ3) is 6.43. The molecule has 0 fully saturated rings. The number of hydrogen-bond donors (Lipinski definition) is 3. The Bertz CT molecular complexity index is 707. The summed E-state index contributed by atoms with van der Waals surface area (Å²) in [6, 6.07) is 12.7. The van der Waals surface area contributed by atoms with E-state index >= 15 is 0 Å². The zero-order valence-electron chi connectivity index (χ0n) is 14.3. The molecule has 2 aromatic rings. The summed E-state index contributed by atoms with van der Waals surface area (Å²) >= 11 is 0. The number of carbonyl (C=O) groups excluding carboxylic acids is 1. The van der Waals surface area contributed by atoms with E-state index in [1.165, 1.54) is 12.1 Å². The van der Waals surface area contributed by atoms with Gasteiger partial charge in [-0.1, -0.05) is 24.3 Å². The van der Waals surface area contributed by atoms with Gasteiger partial charge in [0.05, 0.1) is 12.2 Å². The summed E-state index contributed by atoms with van der Waals surface area (Å²) in [4.78, 5) is 11.8. The van der Waals surface area contributed by atoms with Gasteiger partial charge in [-0.25, -0.2) is 9.18 Å². The molecule has 0 heterocycles. The van der Waals surface area contributed by atoms with Crippen LogP contribution in [0.3, 0.4) is 0 Å². The summed E-state index contributed by atoms with van der Waals surface area (Å²) in [5.74, 6) is 0.320. The lowest BCUT2D eigenvalue weighted by atomic mass is 10.1. The van der Waals surface area contributed by atoms with E-state index in [1.807, 2.05) is 19.9 Å². The average Bonchev–Trinajstić information content (AvgIpc) is 2.57. The summed E-state index contributed by atoms with van der Waals surface area (Å²) in [6.45, 7) is 4.11. The van der Waals surface area contributed by atoms with Crippen LogP contribution in [0, 0.1) is 5.82 Å². The lowest BCUT2D eigenvalue weighted by Crippen LogP contribution is -2.37. The summed E-state index contributed by atoms with van der Waals surface area (Å²) in [5, 5.41) is 15.4. The number of benzene rings is 2. The van der Waals surface area contributed by atoms with Crippen molar-refractivity contribution in [3.05, 3.63) is 65.5 Å². The number of nitrogens with one attached hydrogen (secondary N) is 2. The molecular weight excluding hydrogens is 323 g/mol. The minimum Gasteiger partial charge on any atom is -0.491 e. The molecule has 5 nitrogen and oxygen atoms in total. The zero-order valence-corrected chi connectivity index (χ0v) is 14.3. The fourth-order valence-electron chi connectivity index (χ4n) is 2.27. The van der Waals surface area contributed by atoms with Crippen LogP contribution in [-0.2, 0) is 6.54 Å². The molecule has 1 atom stereocenters. The number of urea groups is 1. The largest absolute Gasteiger partial charge is 0.491 e. The highest BCUT2D eigenvalue weighted by molar-refractivity contribution is 5.73. The summed E-state index contributed by atoms with van der Waals surface area (Å²) < 4.78 is 18.7. The standard InChI is InChI=1S/C19H23FN2O3/c1-13(2)25-17-8-4-6-15(10-17)18(23)12-22-19(24)21-11-14-5-3-7-16(20)9-14/h3-10,13,18,23H,11-12H2,1-2H3,(H2,21,22,24). The van der Waals surface area contributed by atoms with Crippen LogP contribution in [-0.4, -0.2) is 23.8 Å². The molecule has 1 unspecified atom stereocenters. The molecule has 0 aliphatic heterocycles. The first kappa shape index (κ1) is 18.7. The van der Waals surface area contributed by atoms with Crippen LogP contribution in [0.2, 0.25) is 0 Å². The van der Waals surface area contributed by atoms with Crippen LogP contribution in [0.15, 0.2) is 48.5 Å². The van der Waals surface area contributed by atoms with Gasteiger partial charge in [0.1, 0.15) is 11.6 Å². The predicted molar refractivity (Wildman–Crippen MR) is 93.8 cm³/mol. The highest BCUT2D eigenvalue weighted by Gasteiger charge is 2.11. The molecule has 0 aliphatic carbocycles. The number of ether oxygens (including phenoxy) is 1. The number of aliphatic hydroxyl groups is 1. The molecule has 0 aromatic heterocycles. The van der Waals surface area contributed by atoms with Crippen molar-refractivity contribution in [1.82, 2.24) is 10.6 Å². The number of halogens is 1. The van der Waals surface area contributed by atoms with Crippen molar-refractivity contribution in [1.29, 1.82) is 0 Å². The molecule has 0 aliphatic rings. The Balaban J connectivity index is 1.80. The van der Waals surface area contributed by atoms with Gasteiger partial charge in [-0.15, -0.1) is 0 Å². The van der Waals surface area contributed by atoms with Gasteiger partial charge < -0.3 is 20.5 Å². The molecule has 0 radical (unpaired) electrons. The Hall–Kier alpha value is -2.60. The van der Waals surface area contributed by atoms with Crippen molar-refractivity contribution in [2.75, 3.05) is 6.54 Å². The fraction of sp³-hybridized carbons (Fsp3) is 0.316. The van der Waals surface area contributed by atoms with Gasteiger partial charge in [-0.2, -0.15) is 0 Å². The van der Waals surface area contributed by atoms with E-state index in [1.54, 1.807) is 30.3 Å². The van der Waals surface area contributed by atoms with E-state index in [-0.39, 0.29) is 25.0 Å². The Morgan fingerprint density at radius 3 is 2.64 bits per heavy atom. The van der Waals surface area contributed by atoms with E-state index in [0.29, 0.717) is 16.9 Å². The van der Waals surface area contributed by atoms with Gasteiger partial charge in [-0.05, 0) is 49.2 Å². The second-order valence-corrected chi connectivity index (χ2v) is 5.95. The lowest BCUT2D eigenvalue weighted by molar-refractivity contribution is 0.172. The van der Waals surface area contributed by atoms with Crippen molar-refractivity contribution in [2.45, 2.75) is 32.6 Å². The van der Waals surface area contributed by atoms with Crippen LogP contribution in [0.25, 0.3) is 0 Å². The molecule has 134 valence electrons. The number of hydrogen-bond acceptors (Lipinski definition) is 3.